The molecular weight excluding hydrogens is 168 g/mol. The molecule has 0 radical (unpaired) electrons. The number of amides is 1. The van der Waals surface area contributed by atoms with Crippen LogP contribution in [0.15, 0.2) is 0 Å². The normalized spacial score (nSPS) is 24.3. The standard InChI is InChI=1S/C9H18N2O2/c1-3-9(12)10-6-8-7-11(2)4-5-13-8/h8H,3-7H2,1-2H3,(H,10,12). The first-order valence-electron chi connectivity index (χ1n) is 4.79. The van der Waals surface area contributed by atoms with Gasteiger partial charge in [-0.15, -0.1) is 0 Å². The molecule has 4 nitrogen and oxygen atoms in total. The quantitative estimate of drug-likeness (QED) is 0.666. The first-order chi connectivity index (χ1) is 6.22. The number of likely N-dealkylation sites (N-methyl/N-ethyl adjacent to an activating group) is 1. The van der Waals surface area contributed by atoms with Crippen molar-refractivity contribution in [1.29, 1.82) is 0 Å². The Hall–Kier alpha value is -0.610. The van der Waals surface area contributed by atoms with Crippen LogP contribution in [0.1, 0.15) is 13.3 Å². The molecule has 1 unspecified atom stereocenters. The Labute approximate surface area is 79.2 Å². The average Bonchev–Trinajstić information content (AvgIpc) is 2.14. The molecule has 1 fully saturated rings. The minimum atomic E-state index is 0.0943. The lowest BCUT2D eigenvalue weighted by atomic mass is 10.3. The Morgan fingerprint density at radius 3 is 3.08 bits per heavy atom. The Morgan fingerprint density at radius 1 is 1.69 bits per heavy atom. The van der Waals surface area contributed by atoms with E-state index >= 15 is 0 Å². The Kier molecular flexibility index (Phi) is 4.18. The highest BCUT2D eigenvalue weighted by atomic mass is 16.5. The van der Waals surface area contributed by atoms with E-state index in [4.69, 9.17) is 4.74 Å². The van der Waals surface area contributed by atoms with Crippen LogP contribution in [0.3, 0.4) is 0 Å². The molecule has 0 aliphatic carbocycles. The molecule has 1 rings (SSSR count). The molecule has 0 aromatic rings. The van der Waals surface area contributed by atoms with Crippen molar-refractivity contribution in [2.24, 2.45) is 0 Å². The van der Waals surface area contributed by atoms with Crippen LogP contribution in [-0.4, -0.2) is 50.2 Å². The number of carbonyl (C=O) groups is 1. The molecule has 1 aliphatic rings. The predicted octanol–water partition coefficient (Wildman–Crippen LogP) is -0.157. The monoisotopic (exact) mass is 186 g/mol. The third-order valence-electron chi connectivity index (χ3n) is 2.19. The molecule has 1 atom stereocenters. The minimum absolute atomic E-state index is 0.0943. The van der Waals surface area contributed by atoms with E-state index in [0.717, 1.165) is 19.7 Å². The SMILES string of the molecule is CCC(=O)NCC1CN(C)CCO1. The Balaban J connectivity index is 2.17. The fourth-order valence-corrected chi connectivity index (χ4v) is 1.34. The van der Waals surface area contributed by atoms with Crippen LogP contribution < -0.4 is 5.32 Å². The lowest BCUT2D eigenvalue weighted by Gasteiger charge is -2.30. The molecule has 0 bridgehead atoms. The van der Waals surface area contributed by atoms with Crippen molar-refractivity contribution in [2.45, 2.75) is 19.4 Å². The van der Waals surface area contributed by atoms with E-state index in [-0.39, 0.29) is 12.0 Å². The van der Waals surface area contributed by atoms with Crippen LogP contribution in [0, 0.1) is 0 Å². The predicted molar refractivity (Wildman–Crippen MR) is 50.5 cm³/mol. The first-order valence-corrected chi connectivity index (χ1v) is 4.79. The van der Waals surface area contributed by atoms with Crippen molar-refractivity contribution in [1.82, 2.24) is 10.2 Å². The molecule has 1 aliphatic heterocycles. The Morgan fingerprint density at radius 2 is 2.46 bits per heavy atom. The third kappa shape index (κ3) is 3.74. The fourth-order valence-electron chi connectivity index (χ4n) is 1.34. The van der Waals surface area contributed by atoms with E-state index in [2.05, 4.69) is 17.3 Å². The molecule has 0 aromatic heterocycles. The summed E-state index contributed by atoms with van der Waals surface area (Å²) in [5.41, 5.74) is 0. The van der Waals surface area contributed by atoms with Crippen LogP contribution in [0.25, 0.3) is 0 Å². The van der Waals surface area contributed by atoms with Crippen molar-refractivity contribution in [3.05, 3.63) is 0 Å². The second-order valence-corrected chi connectivity index (χ2v) is 3.41. The van der Waals surface area contributed by atoms with Crippen LogP contribution in [0.2, 0.25) is 0 Å². The van der Waals surface area contributed by atoms with Gasteiger partial charge < -0.3 is 15.0 Å². The molecule has 1 N–H and O–H groups in total. The number of hydrogen-bond donors (Lipinski definition) is 1. The topological polar surface area (TPSA) is 41.6 Å². The number of hydrogen-bond acceptors (Lipinski definition) is 3. The van der Waals surface area contributed by atoms with E-state index in [0.29, 0.717) is 13.0 Å². The maximum atomic E-state index is 11.0. The first kappa shape index (κ1) is 10.5. The second-order valence-electron chi connectivity index (χ2n) is 3.41. The molecule has 4 heteroatoms. The zero-order chi connectivity index (χ0) is 9.68. The van der Waals surface area contributed by atoms with Gasteiger partial charge in [0.15, 0.2) is 0 Å². The van der Waals surface area contributed by atoms with E-state index in [1.165, 1.54) is 0 Å². The molecule has 13 heavy (non-hydrogen) atoms. The Bertz CT molecular complexity index is 173. The van der Waals surface area contributed by atoms with Crippen LogP contribution in [-0.2, 0) is 9.53 Å². The van der Waals surface area contributed by atoms with E-state index in [1.54, 1.807) is 0 Å². The maximum Gasteiger partial charge on any atom is 0.219 e. The van der Waals surface area contributed by atoms with Crippen molar-refractivity contribution in [2.75, 3.05) is 33.3 Å². The molecule has 0 aromatic carbocycles. The number of rotatable bonds is 3. The van der Waals surface area contributed by atoms with E-state index in [9.17, 15) is 4.79 Å². The van der Waals surface area contributed by atoms with Gasteiger partial charge in [0, 0.05) is 26.1 Å². The van der Waals surface area contributed by atoms with Crippen molar-refractivity contribution < 1.29 is 9.53 Å². The van der Waals surface area contributed by atoms with Crippen molar-refractivity contribution in [3.63, 3.8) is 0 Å². The summed E-state index contributed by atoms with van der Waals surface area (Å²) in [6, 6.07) is 0. The van der Waals surface area contributed by atoms with Gasteiger partial charge in [-0.2, -0.15) is 0 Å². The summed E-state index contributed by atoms with van der Waals surface area (Å²) < 4.78 is 5.49. The van der Waals surface area contributed by atoms with E-state index < -0.39 is 0 Å². The highest BCUT2D eigenvalue weighted by Gasteiger charge is 2.17. The zero-order valence-corrected chi connectivity index (χ0v) is 8.38. The van der Waals surface area contributed by atoms with Gasteiger partial charge in [-0.05, 0) is 7.05 Å². The number of morpholine rings is 1. The van der Waals surface area contributed by atoms with Crippen LogP contribution in [0.4, 0.5) is 0 Å². The molecule has 76 valence electrons. The fraction of sp³-hybridized carbons (Fsp3) is 0.889. The van der Waals surface area contributed by atoms with Crippen LogP contribution in [0.5, 0.6) is 0 Å². The van der Waals surface area contributed by atoms with Crippen molar-refractivity contribution >= 4 is 5.91 Å². The van der Waals surface area contributed by atoms with Gasteiger partial charge in [0.2, 0.25) is 5.91 Å². The summed E-state index contributed by atoms with van der Waals surface area (Å²) >= 11 is 0. The van der Waals surface area contributed by atoms with Gasteiger partial charge in [-0.25, -0.2) is 0 Å². The molecule has 1 amide bonds. The largest absolute Gasteiger partial charge is 0.374 e. The summed E-state index contributed by atoms with van der Waals surface area (Å²) in [4.78, 5) is 13.2. The molecule has 0 spiro atoms. The van der Waals surface area contributed by atoms with Crippen LogP contribution >= 0.6 is 0 Å². The van der Waals surface area contributed by atoms with Gasteiger partial charge >= 0.3 is 0 Å². The van der Waals surface area contributed by atoms with Gasteiger partial charge in [0.25, 0.3) is 0 Å². The average molecular weight is 186 g/mol. The molecular formula is C9H18N2O2. The van der Waals surface area contributed by atoms with Gasteiger partial charge in [-0.3, -0.25) is 4.79 Å². The van der Waals surface area contributed by atoms with Gasteiger partial charge in [0.05, 0.1) is 12.7 Å². The summed E-state index contributed by atoms with van der Waals surface area (Å²) in [6.07, 6.45) is 0.706. The molecule has 0 saturated carbocycles. The number of nitrogens with one attached hydrogen (secondary N) is 1. The molecule has 1 saturated heterocycles. The second kappa shape index (κ2) is 5.19. The summed E-state index contributed by atoms with van der Waals surface area (Å²) in [7, 11) is 2.07. The van der Waals surface area contributed by atoms with E-state index in [1.807, 2.05) is 6.92 Å². The maximum absolute atomic E-state index is 11.0. The summed E-state index contributed by atoms with van der Waals surface area (Å²) in [6.45, 7) is 5.14. The highest BCUT2D eigenvalue weighted by Crippen LogP contribution is 2.01. The summed E-state index contributed by atoms with van der Waals surface area (Å²) in [5.74, 6) is 0.0943. The van der Waals surface area contributed by atoms with Gasteiger partial charge in [-0.1, -0.05) is 6.92 Å². The number of carbonyl (C=O) groups excluding carboxylic acids is 1. The number of nitrogens with zero attached hydrogens (tertiary/aromatic N) is 1. The lowest BCUT2D eigenvalue weighted by Crippen LogP contribution is -2.45. The van der Waals surface area contributed by atoms with Gasteiger partial charge in [0.1, 0.15) is 0 Å². The minimum Gasteiger partial charge on any atom is -0.374 e. The zero-order valence-electron chi connectivity index (χ0n) is 8.38. The summed E-state index contributed by atoms with van der Waals surface area (Å²) in [5, 5.41) is 2.83. The number of ether oxygens (including phenoxy) is 1. The third-order valence-corrected chi connectivity index (χ3v) is 2.19. The lowest BCUT2D eigenvalue weighted by molar-refractivity contribution is -0.121. The molecule has 1 heterocycles. The van der Waals surface area contributed by atoms with Crippen molar-refractivity contribution in [3.8, 4) is 0 Å². The highest BCUT2D eigenvalue weighted by molar-refractivity contribution is 5.75. The smallest absolute Gasteiger partial charge is 0.219 e.